The fourth-order valence-electron chi connectivity index (χ4n) is 4.66. The maximum Gasteiger partial charge on any atom is 0.340 e. The van der Waals surface area contributed by atoms with Gasteiger partial charge in [-0.3, -0.25) is 9.59 Å². The first-order valence-corrected chi connectivity index (χ1v) is 9.45. The molecule has 1 aromatic rings. The van der Waals surface area contributed by atoms with Gasteiger partial charge in [-0.1, -0.05) is 6.42 Å². The molecule has 0 spiro atoms. The average Bonchev–Trinajstić information content (AvgIpc) is 3.27. The van der Waals surface area contributed by atoms with E-state index in [-0.39, 0.29) is 25.0 Å². The number of carbonyl (C=O) groups excluding carboxylic acids is 3. The van der Waals surface area contributed by atoms with E-state index in [2.05, 4.69) is 4.98 Å². The molecule has 0 radical (unpaired) electrons. The number of hydrogen-bond acceptors (Lipinski definition) is 5. The van der Waals surface area contributed by atoms with Crippen molar-refractivity contribution < 1.29 is 23.9 Å². The van der Waals surface area contributed by atoms with E-state index in [0.29, 0.717) is 40.8 Å². The summed E-state index contributed by atoms with van der Waals surface area (Å²) < 4.78 is 10.2. The largest absolute Gasteiger partial charge is 0.462 e. The molecular weight excluding hydrogens is 334 g/mol. The smallest absolute Gasteiger partial charge is 0.340 e. The zero-order valence-corrected chi connectivity index (χ0v) is 15.7. The highest BCUT2D eigenvalue weighted by molar-refractivity contribution is 6.02. The van der Waals surface area contributed by atoms with Crippen LogP contribution in [0, 0.1) is 31.6 Å². The fraction of sp³-hybridized carbons (Fsp3) is 0.650. The normalized spacial score (nSPS) is 23.9. The predicted molar refractivity (Wildman–Crippen MR) is 95.1 cm³/mol. The summed E-state index contributed by atoms with van der Waals surface area (Å²) in [5.41, 5.74) is 1.80. The van der Waals surface area contributed by atoms with Crippen LogP contribution in [0.1, 0.15) is 71.1 Å². The maximum absolute atomic E-state index is 12.4. The van der Waals surface area contributed by atoms with Gasteiger partial charge in [0.25, 0.3) is 0 Å². The molecule has 6 nitrogen and oxygen atoms in total. The molecule has 0 aliphatic heterocycles. The molecule has 0 aromatic carbocycles. The summed E-state index contributed by atoms with van der Waals surface area (Å²) in [6.45, 7) is 5.11. The molecular formula is C20H27NO5. The second-order valence-electron chi connectivity index (χ2n) is 7.57. The summed E-state index contributed by atoms with van der Waals surface area (Å²) in [5, 5.41) is 0. The topological polar surface area (TPSA) is 85.5 Å². The second-order valence-corrected chi connectivity index (χ2v) is 7.57. The molecule has 2 saturated carbocycles. The van der Waals surface area contributed by atoms with Crippen LogP contribution in [-0.4, -0.2) is 35.9 Å². The standard InChI is InChI=1S/C20H27NO5/c1-4-25-20(24)18-11(2)19(21-12(18)3)16(22)10-26-17(23)9-15-8-13-5-6-14(15)7-13/h13-15,21H,4-10H2,1-3H3/t13-,14-,15+/m1/s1. The van der Waals surface area contributed by atoms with Gasteiger partial charge in [-0.15, -0.1) is 0 Å². The Hall–Kier alpha value is -2.11. The molecule has 2 aliphatic rings. The van der Waals surface area contributed by atoms with E-state index < -0.39 is 5.97 Å². The third-order valence-electron chi connectivity index (χ3n) is 5.87. The van der Waals surface area contributed by atoms with Crippen molar-refractivity contribution in [2.45, 2.75) is 52.9 Å². The minimum Gasteiger partial charge on any atom is -0.462 e. The van der Waals surface area contributed by atoms with Crippen LogP contribution in [0.5, 0.6) is 0 Å². The van der Waals surface area contributed by atoms with Crippen LogP contribution in [0.3, 0.4) is 0 Å². The lowest BCUT2D eigenvalue weighted by molar-refractivity contribution is -0.144. The summed E-state index contributed by atoms with van der Waals surface area (Å²) in [6, 6.07) is 0. The van der Waals surface area contributed by atoms with E-state index in [0.717, 1.165) is 12.3 Å². The number of aromatic nitrogens is 1. The van der Waals surface area contributed by atoms with Crippen molar-refractivity contribution in [3.63, 3.8) is 0 Å². The number of hydrogen-bond donors (Lipinski definition) is 1. The van der Waals surface area contributed by atoms with Gasteiger partial charge in [-0.2, -0.15) is 0 Å². The third kappa shape index (κ3) is 3.69. The number of carbonyl (C=O) groups is 3. The van der Waals surface area contributed by atoms with Crippen molar-refractivity contribution >= 4 is 17.7 Å². The molecule has 2 fully saturated rings. The SMILES string of the molecule is CCOC(=O)c1c(C)[nH]c(C(=O)COC(=O)C[C@@H]2C[C@@H]3CC[C@@H]2C3)c1C. The first-order chi connectivity index (χ1) is 12.4. The Balaban J connectivity index is 1.55. The van der Waals surface area contributed by atoms with E-state index >= 15 is 0 Å². The second kappa shape index (κ2) is 7.64. The molecule has 6 heteroatoms. The number of Topliss-reactive ketones (excluding diaryl/α,β-unsaturated/α-hetero) is 1. The van der Waals surface area contributed by atoms with Gasteiger partial charge in [0.1, 0.15) is 0 Å². The van der Waals surface area contributed by atoms with Gasteiger partial charge in [0.2, 0.25) is 5.78 Å². The fourth-order valence-corrected chi connectivity index (χ4v) is 4.66. The molecule has 26 heavy (non-hydrogen) atoms. The predicted octanol–water partition coefficient (Wildman–Crippen LogP) is 3.36. The summed E-state index contributed by atoms with van der Waals surface area (Å²) in [5.74, 6) is 0.770. The van der Waals surface area contributed by atoms with Gasteiger partial charge in [0, 0.05) is 12.1 Å². The Labute approximate surface area is 153 Å². The number of H-pyrrole nitrogens is 1. The molecule has 0 amide bonds. The highest BCUT2D eigenvalue weighted by Gasteiger charge is 2.40. The molecule has 2 aliphatic carbocycles. The van der Waals surface area contributed by atoms with Crippen molar-refractivity contribution in [3.05, 3.63) is 22.5 Å². The molecule has 2 bridgehead atoms. The molecule has 0 unspecified atom stereocenters. The lowest BCUT2D eigenvalue weighted by Gasteiger charge is -2.20. The lowest BCUT2D eigenvalue weighted by Crippen LogP contribution is -2.20. The van der Waals surface area contributed by atoms with Crippen LogP contribution in [0.2, 0.25) is 0 Å². The number of ketones is 1. The number of aryl methyl sites for hydroxylation is 1. The number of esters is 2. The molecule has 0 saturated heterocycles. The Morgan fingerprint density at radius 2 is 1.88 bits per heavy atom. The monoisotopic (exact) mass is 361 g/mol. The highest BCUT2D eigenvalue weighted by Crippen LogP contribution is 2.49. The number of fused-ring (bicyclic) bond motifs is 2. The van der Waals surface area contributed by atoms with Crippen LogP contribution in [-0.2, 0) is 14.3 Å². The average molecular weight is 361 g/mol. The van der Waals surface area contributed by atoms with Gasteiger partial charge in [-0.25, -0.2) is 4.79 Å². The zero-order chi connectivity index (χ0) is 18.8. The molecule has 1 aromatic heterocycles. The number of aromatic amines is 1. The number of ether oxygens (including phenoxy) is 2. The number of rotatable bonds is 7. The van der Waals surface area contributed by atoms with E-state index in [1.807, 2.05) is 0 Å². The van der Waals surface area contributed by atoms with Crippen molar-refractivity contribution in [2.24, 2.45) is 17.8 Å². The van der Waals surface area contributed by atoms with Gasteiger partial charge in [0.05, 0.1) is 17.9 Å². The quantitative estimate of drug-likeness (QED) is 0.594. The molecule has 1 heterocycles. The Bertz CT molecular complexity index is 720. The Morgan fingerprint density at radius 1 is 1.12 bits per heavy atom. The lowest BCUT2D eigenvalue weighted by atomic mass is 9.86. The van der Waals surface area contributed by atoms with E-state index in [4.69, 9.17) is 9.47 Å². The minimum absolute atomic E-state index is 0.271. The Kier molecular flexibility index (Phi) is 5.49. The summed E-state index contributed by atoms with van der Waals surface area (Å²) in [6.07, 6.45) is 5.29. The summed E-state index contributed by atoms with van der Waals surface area (Å²) in [4.78, 5) is 39.5. The number of nitrogens with one attached hydrogen (secondary N) is 1. The molecule has 3 rings (SSSR count). The molecule has 1 N–H and O–H groups in total. The van der Waals surface area contributed by atoms with Gasteiger partial charge in [0.15, 0.2) is 6.61 Å². The summed E-state index contributed by atoms with van der Waals surface area (Å²) >= 11 is 0. The van der Waals surface area contributed by atoms with Gasteiger partial charge >= 0.3 is 11.9 Å². The van der Waals surface area contributed by atoms with Crippen LogP contribution in [0.25, 0.3) is 0 Å². The summed E-state index contributed by atoms with van der Waals surface area (Å²) in [7, 11) is 0. The Morgan fingerprint density at radius 3 is 2.50 bits per heavy atom. The van der Waals surface area contributed by atoms with Crippen LogP contribution in [0.4, 0.5) is 0 Å². The molecule has 3 atom stereocenters. The van der Waals surface area contributed by atoms with E-state index in [1.54, 1.807) is 20.8 Å². The van der Waals surface area contributed by atoms with Crippen molar-refractivity contribution in [2.75, 3.05) is 13.2 Å². The van der Waals surface area contributed by atoms with E-state index in [9.17, 15) is 14.4 Å². The van der Waals surface area contributed by atoms with Crippen LogP contribution in [0.15, 0.2) is 0 Å². The van der Waals surface area contributed by atoms with Crippen LogP contribution >= 0.6 is 0 Å². The maximum atomic E-state index is 12.4. The van der Waals surface area contributed by atoms with Crippen molar-refractivity contribution in [1.82, 2.24) is 4.98 Å². The highest BCUT2D eigenvalue weighted by atomic mass is 16.5. The van der Waals surface area contributed by atoms with Crippen molar-refractivity contribution in [1.29, 1.82) is 0 Å². The first-order valence-electron chi connectivity index (χ1n) is 9.45. The van der Waals surface area contributed by atoms with Crippen LogP contribution < -0.4 is 0 Å². The first kappa shape index (κ1) is 18.7. The van der Waals surface area contributed by atoms with Gasteiger partial charge in [-0.05, 0) is 63.4 Å². The minimum atomic E-state index is -0.453. The zero-order valence-electron chi connectivity index (χ0n) is 15.7. The molecule has 142 valence electrons. The third-order valence-corrected chi connectivity index (χ3v) is 5.87. The van der Waals surface area contributed by atoms with Crippen molar-refractivity contribution in [3.8, 4) is 0 Å². The van der Waals surface area contributed by atoms with E-state index in [1.165, 1.54) is 19.3 Å². The van der Waals surface area contributed by atoms with Gasteiger partial charge < -0.3 is 14.5 Å².